The van der Waals surface area contributed by atoms with Gasteiger partial charge in [0.2, 0.25) is 0 Å². The number of imidazole rings is 1. The van der Waals surface area contributed by atoms with Gasteiger partial charge in [0.05, 0.1) is 17.6 Å². The lowest BCUT2D eigenvalue weighted by Crippen LogP contribution is -2.03. The molecule has 108 valence electrons. The number of halogens is 3. The predicted molar refractivity (Wildman–Crippen MR) is 75.1 cm³/mol. The van der Waals surface area contributed by atoms with Gasteiger partial charge in [-0.05, 0) is 30.3 Å². The van der Waals surface area contributed by atoms with Crippen molar-refractivity contribution in [2.75, 3.05) is 0 Å². The van der Waals surface area contributed by atoms with Crippen LogP contribution in [-0.4, -0.2) is 21.1 Å². The van der Waals surface area contributed by atoms with E-state index in [0.29, 0.717) is 5.82 Å². The summed E-state index contributed by atoms with van der Waals surface area (Å²) >= 11 is 5.93. The van der Waals surface area contributed by atoms with Crippen LogP contribution in [0.4, 0.5) is 8.78 Å². The van der Waals surface area contributed by atoms with Gasteiger partial charge in [0.25, 0.3) is 0 Å². The minimum Gasteiger partial charge on any atom is -0.435 e. The van der Waals surface area contributed by atoms with Crippen molar-refractivity contribution in [2.24, 2.45) is 0 Å². The number of nitrogens with zero attached hydrogens (tertiary/aromatic N) is 3. The van der Waals surface area contributed by atoms with E-state index in [-0.39, 0.29) is 11.6 Å². The Balaban J connectivity index is 2.07. The first kappa shape index (κ1) is 13.8. The summed E-state index contributed by atoms with van der Waals surface area (Å²) in [5, 5.41) is 0. The standard InChI is InChI=1S/C14H10ClF2N3O/c15-7-13-19-11-8-18-6-5-12(11)20(13)9-1-3-10(4-2-9)21-14(16)17/h1-6,8,14H,7H2. The summed E-state index contributed by atoms with van der Waals surface area (Å²) in [4.78, 5) is 8.42. The highest BCUT2D eigenvalue weighted by atomic mass is 35.5. The lowest BCUT2D eigenvalue weighted by atomic mass is 10.3. The number of benzene rings is 1. The maximum absolute atomic E-state index is 12.2. The average molecular weight is 310 g/mol. The summed E-state index contributed by atoms with van der Waals surface area (Å²) in [6.45, 7) is -2.84. The molecule has 0 aliphatic carbocycles. The molecule has 1 aromatic carbocycles. The number of hydrogen-bond donors (Lipinski definition) is 0. The second-order valence-electron chi connectivity index (χ2n) is 4.23. The van der Waals surface area contributed by atoms with Crippen LogP contribution in [0.5, 0.6) is 5.75 Å². The Kier molecular flexibility index (Phi) is 3.70. The van der Waals surface area contributed by atoms with Crippen LogP contribution in [-0.2, 0) is 5.88 Å². The molecule has 21 heavy (non-hydrogen) atoms. The molecule has 0 atom stereocenters. The summed E-state index contributed by atoms with van der Waals surface area (Å²) < 4.78 is 30.5. The van der Waals surface area contributed by atoms with E-state index in [1.165, 1.54) is 12.1 Å². The molecular weight excluding hydrogens is 300 g/mol. The molecule has 0 N–H and O–H groups in total. The second-order valence-corrected chi connectivity index (χ2v) is 4.50. The van der Waals surface area contributed by atoms with Crippen molar-refractivity contribution >= 4 is 22.6 Å². The predicted octanol–water partition coefficient (Wildman–Crippen LogP) is 3.76. The Hall–Kier alpha value is -2.21. The van der Waals surface area contributed by atoms with Crippen molar-refractivity contribution in [1.82, 2.24) is 14.5 Å². The molecule has 0 saturated carbocycles. The van der Waals surface area contributed by atoms with E-state index in [9.17, 15) is 8.78 Å². The van der Waals surface area contributed by atoms with Crippen molar-refractivity contribution < 1.29 is 13.5 Å². The van der Waals surface area contributed by atoms with E-state index in [1.807, 2.05) is 10.6 Å². The number of rotatable bonds is 4. The zero-order chi connectivity index (χ0) is 14.8. The van der Waals surface area contributed by atoms with Crippen LogP contribution in [0.3, 0.4) is 0 Å². The molecule has 0 aliphatic rings. The van der Waals surface area contributed by atoms with Gasteiger partial charge in [0.15, 0.2) is 0 Å². The van der Waals surface area contributed by atoms with Gasteiger partial charge in [-0.3, -0.25) is 9.55 Å². The normalized spacial score (nSPS) is 11.2. The fraction of sp³-hybridized carbons (Fsp3) is 0.143. The molecule has 3 aromatic rings. The largest absolute Gasteiger partial charge is 0.435 e. The quantitative estimate of drug-likeness (QED) is 0.689. The van der Waals surface area contributed by atoms with Crippen LogP contribution < -0.4 is 4.74 Å². The molecule has 0 spiro atoms. The molecule has 0 saturated heterocycles. The number of pyridine rings is 1. The van der Waals surface area contributed by atoms with Crippen LogP contribution in [0.1, 0.15) is 5.82 Å². The van der Waals surface area contributed by atoms with Gasteiger partial charge in [0.1, 0.15) is 17.1 Å². The van der Waals surface area contributed by atoms with Gasteiger partial charge >= 0.3 is 6.61 Å². The molecule has 0 amide bonds. The molecule has 3 rings (SSSR count). The minimum atomic E-state index is -2.84. The Morgan fingerprint density at radius 3 is 2.62 bits per heavy atom. The fourth-order valence-corrected chi connectivity index (χ4v) is 2.32. The highest BCUT2D eigenvalue weighted by Crippen LogP contribution is 2.24. The Morgan fingerprint density at radius 1 is 1.19 bits per heavy atom. The molecule has 4 nitrogen and oxygen atoms in total. The summed E-state index contributed by atoms with van der Waals surface area (Å²) in [7, 11) is 0. The maximum Gasteiger partial charge on any atom is 0.387 e. The molecular formula is C14H10ClF2N3O. The third-order valence-corrected chi connectivity index (χ3v) is 3.20. The molecule has 2 heterocycles. The summed E-state index contributed by atoms with van der Waals surface area (Å²) in [6.07, 6.45) is 3.31. The van der Waals surface area contributed by atoms with E-state index in [1.54, 1.807) is 24.5 Å². The Labute approximate surface area is 124 Å². The van der Waals surface area contributed by atoms with Crippen LogP contribution in [0, 0.1) is 0 Å². The third kappa shape index (κ3) is 2.67. The lowest BCUT2D eigenvalue weighted by molar-refractivity contribution is -0.0498. The van der Waals surface area contributed by atoms with Gasteiger partial charge in [-0.15, -0.1) is 11.6 Å². The van der Waals surface area contributed by atoms with Crippen molar-refractivity contribution in [3.05, 3.63) is 48.5 Å². The Morgan fingerprint density at radius 2 is 1.95 bits per heavy atom. The SMILES string of the molecule is FC(F)Oc1ccc(-n2c(CCl)nc3cnccc32)cc1. The van der Waals surface area contributed by atoms with E-state index in [4.69, 9.17) is 11.6 Å². The zero-order valence-corrected chi connectivity index (χ0v) is 11.5. The number of hydrogen-bond acceptors (Lipinski definition) is 3. The topological polar surface area (TPSA) is 39.9 Å². The Bertz CT molecular complexity index is 759. The number of fused-ring (bicyclic) bond motifs is 1. The molecule has 0 fully saturated rings. The highest BCUT2D eigenvalue weighted by molar-refractivity contribution is 6.17. The van der Waals surface area contributed by atoms with Crippen LogP contribution >= 0.6 is 11.6 Å². The molecule has 0 aliphatic heterocycles. The summed E-state index contributed by atoms with van der Waals surface area (Å²) in [5.74, 6) is 0.985. The van der Waals surface area contributed by atoms with Crippen molar-refractivity contribution in [3.63, 3.8) is 0 Å². The zero-order valence-electron chi connectivity index (χ0n) is 10.7. The van der Waals surface area contributed by atoms with Gasteiger partial charge in [0, 0.05) is 11.9 Å². The first-order chi connectivity index (χ1) is 10.2. The van der Waals surface area contributed by atoms with Crippen molar-refractivity contribution in [2.45, 2.75) is 12.5 Å². The van der Waals surface area contributed by atoms with E-state index < -0.39 is 6.61 Å². The van der Waals surface area contributed by atoms with Crippen molar-refractivity contribution in [3.8, 4) is 11.4 Å². The summed E-state index contributed by atoms with van der Waals surface area (Å²) in [5.41, 5.74) is 2.34. The van der Waals surface area contributed by atoms with E-state index in [0.717, 1.165) is 16.7 Å². The molecule has 0 radical (unpaired) electrons. The van der Waals surface area contributed by atoms with Gasteiger partial charge in [-0.25, -0.2) is 4.98 Å². The molecule has 0 bridgehead atoms. The summed E-state index contributed by atoms with van der Waals surface area (Å²) in [6, 6.07) is 8.13. The van der Waals surface area contributed by atoms with Crippen LogP contribution in [0.25, 0.3) is 16.7 Å². The first-order valence-corrected chi connectivity index (χ1v) is 6.65. The maximum atomic E-state index is 12.2. The number of alkyl halides is 3. The first-order valence-electron chi connectivity index (χ1n) is 6.11. The molecule has 2 aromatic heterocycles. The molecule has 7 heteroatoms. The van der Waals surface area contributed by atoms with Gasteiger partial charge in [-0.2, -0.15) is 8.78 Å². The molecule has 0 unspecified atom stereocenters. The number of ether oxygens (including phenoxy) is 1. The highest BCUT2D eigenvalue weighted by Gasteiger charge is 2.12. The van der Waals surface area contributed by atoms with Crippen molar-refractivity contribution in [1.29, 1.82) is 0 Å². The second kappa shape index (κ2) is 5.65. The van der Waals surface area contributed by atoms with Gasteiger partial charge < -0.3 is 4.74 Å². The van der Waals surface area contributed by atoms with Gasteiger partial charge in [-0.1, -0.05) is 0 Å². The lowest BCUT2D eigenvalue weighted by Gasteiger charge is -2.09. The van der Waals surface area contributed by atoms with Crippen LogP contribution in [0.15, 0.2) is 42.7 Å². The monoisotopic (exact) mass is 309 g/mol. The fourth-order valence-electron chi connectivity index (χ4n) is 2.14. The van der Waals surface area contributed by atoms with Crippen LogP contribution in [0.2, 0.25) is 0 Å². The van der Waals surface area contributed by atoms with E-state index >= 15 is 0 Å². The minimum absolute atomic E-state index is 0.104. The third-order valence-electron chi connectivity index (χ3n) is 2.97. The average Bonchev–Trinajstić information content (AvgIpc) is 2.86. The van der Waals surface area contributed by atoms with E-state index in [2.05, 4.69) is 14.7 Å². The smallest absolute Gasteiger partial charge is 0.387 e. The number of aromatic nitrogens is 3.